The number of carbonyl (C=O) groups is 1. The molecule has 0 aliphatic carbocycles. The predicted molar refractivity (Wildman–Crippen MR) is 96.1 cm³/mol. The molecular formula is C17H25N3O4S. The van der Waals surface area contributed by atoms with Crippen LogP contribution in [0.1, 0.15) is 32.3 Å². The molecule has 2 N–H and O–H groups in total. The van der Waals surface area contributed by atoms with Crippen molar-refractivity contribution in [3.63, 3.8) is 0 Å². The van der Waals surface area contributed by atoms with Crippen molar-refractivity contribution in [2.75, 3.05) is 26.3 Å². The Kier molecular flexibility index (Phi) is 6.95. The van der Waals surface area contributed by atoms with Gasteiger partial charge in [-0.25, -0.2) is 8.42 Å². The highest BCUT2D eigenvalue weighted by atomic mass is 32.2. The molecule has 0 fully saturated rings. The number of nitrogens with zero attached hydrogens (tertiary/aromatic N) is 1. The first-order valence-corrected chi connectivity index (χ1v) is 9.89. The van der Waals surface area contributed by atoms with E-state index < -0.39 is 10.0 Å². The second-order valence-electron chi connectivity index (χ2n) is 6.25. The molecule has 1 aromatic carbocycles. The second kappa shape index (κ2) is 8.96. The van der Waals surface area contributed by atoms with Crippen molar-refractivity contribution in [2.24, 2.45) is 10.9 Å². The zero-order valence-electron chi connectivity index (χ0n) is 14.6. The third-order valence-corrected chi connectivity index (χ3v) is 4.91. The van der Waals surface area contributed by atoms with E-state index in [0.717, 1.165) is 13.0 Å². The third-order valence-electron chi connectivity index (χ3n) is 3.51. The minimum absolute atomic E-state index is 0.109. The Balaban J connectivity index is 1.72. The fraction of sp³-hybridized carbons (Fsp3) is 0.529. The monoisotopic (exact) mass is 367 g/mol. The zero-order chi connectivity index (χ0) is 18.3. The zero-order valence-corrected chi connectivity index (χ0v) is 15.4. The Morgan fingerprint density at radius 3 is 2.84 bits per heavy atom. The molecule has 2 rings (SSSR count). The van der Waals surface area contributed by atoms with Crippen molar-refractivity contribution in [3.8, 4) is 0 Å². The molecule has 0 radical (unpaired) electrons. The summed E-state index contributed by atoms with van der Waals surface area (Å²) >= 11 is 0. The van der Waals surface area contributed by atoms with Crippen LogP contribution in [0.4, 0.5) is 0 Å². The van der Waals surface area contributed by atoms with Gasteiger partial charge in [0.2, 0.25) is 5.91 Å². The maximum atomic E-state index is 11.9. The Bertz CT molecular complexity index is 729. The van der Waals surface area contributed by atoms with E-state index >= 15 is 0 Å². The molecule has 0 unspecified atom stereocenters. The van der Waals surface area contributed by atoms with Gasteiger partial charge in [-0.3, -0.25) is 14.5 Å². The summed E-state index contributed by atoms with van der Waals surface area (Å²) in [6, 6.07) is 6.65. The SMILES string of the molecule is CC(C)COCCCNC(=O)CCN=C1NS(=O)(=O)c2ccccc21. The van der Waals surface area contributed by atoms with Gasteiger partial charge in [0.15, 0.2) is 0 Å². The molecule has 8 heteroatoms. The van der Waals surface area contributed by atoms with E-state index in [1.54, 1.807) is 18.2 Å². The highest BCUT2D eigenvalue weighted by Crippen LogP contribution is 2.22. The molecule has 7 nitrogen and oxygen atoms in total. The van der Waals surface area contributed by atoms with Gasteiger partial charge in [-0.15, -0.1) is 0 Å². The molecule has 25 heavy (non-hydrogen) atoms. The van der Waals surface area contributed by atoms with Gasteiger partial charge in [0.05, 0.1) is 11.4 Å². The Morgan fingerprint density at radius 1 is 1.32 bits per heavy atom. The smallest absolute Gasteiger partial charge is 0.263 e. The van der Waals surface area contributed by atoms with Crippen LogP contribution in [0.5, 0.6) is 0 Å². The van der Waals surface area contributed by atoms with Gasteiger partial charge in [-0.05, 0) is 24.5 Å². The van der Waals surface area contributed by atoms with Crippen LogP contribution in [0, 0.1) is 5.92 Å². The van der Waals surface area contributed by atoms with Crippen LogP contribution in [-0.2, 0) is 19.6 Å². The van der Waals surface area contributed by atoms with Crippen LogP contribution < -0.4 is 10.0 Å². The summed E-state index contributed by atoms with van der Waals surface area (Å²) in [7, 11) is -3.53. The van der Waals surface area contributed by atoms with Crippen LogP contribution in [-0.4, -0.2) is 46.5 Å². The van der Waals surface area contributed by atoms with E-state index in [-0.39, 0.29) is 23.8 Å². The largest absolute Gasteiger partial charge is 0.381 e. The number of amidine groups is 1. The topological polar surface area (TPSA) is 96.9 Å². The molecule has 0 spiro atoms. The first kappa shape index (κ1) is 19.4. The van der Waals surface area contributed by atoms with Crippen molar-refractivity contribution in [2.45, 2.75) is 31.6 Å². The molecule has 0 saturated carbocycles. The lowest BCUT2D eigenvalue weighted by molar-refractivity contribution is -0.120. The van der Waals surface area contributed by atoms with Crippen LogP contribution in [0.15, 0.2) is 34.2 Å². The van der Waals surface area contributed by atoms with E-state index in [9.17, 15) is 13.2 Å². The first-order chi connectivity index (χ1) is 11.9. The van der Waals surface area contributed by atoms with Gasteiger partial charge in [0, 0.05) is 31.7 Å². The van der Waals surface area contributed by atoms with Crippen LogP contribution in [0.3, 0.4) is 0 Å². The molecule has 1 aliphatic rings. The van der Waals surface area contributed by atoms with Gasteiger partial charge in [0.25, 0.3) is 10.0 Å². The summed E-state index contributed by atoms with van der Waals surface area (Å²) in [5.41, 5.74) is 0.546. The van der Waals surface area contributed by atoms with Gasteiger partial charge < -0.3 is 10.1 Å². The number of sulfonamides is 1. The molecule has 1 heterocycles. The number of ether oxygens (including phenoxy) is 1. The normalized spacial score (nSPS) is 16.7. The summed E-state index contributed by atoms with van der Waals surface area (Å²) in [5, 5.41) is 2.80. The molecule has 1 aliphatic heterocycles. The highest BCUT2D eigenvalue weighted by Gasteiger charge is 2.29. The number of hydrogen-bond donors (Lipinski definition) is 2. The van der Waals surface area contributed by atoms with Crippen molar-refractivity contribution in [1.29, 1.82) is 0 Å². The van der Waals surface area contributed by atoms with E-state index in [1.807, 2.05) is 0 Å². The lowest BCUT2D eigenvalue weighted by Crippen LogP contribution is -2.26. The fourth-order valence-electron chi connectivity index (χ4n) is 2.33. The summed E-state index contributed by atoms with van der Waals surface area (Å²) < 4.78 is 31.8. The maximum Gasteiger partial charge on any atom is 0.263 e. The minimum atomic E-state index is -3.53. The predicted octanol–water partition coefficient (Wildman–Crippen LogP) is 1.29. The number of aliphatic imine (C=N–C) groups is 1. The van der Waals surface area contributed by atoms with Gasteiger partial charge >= 0.3 is 0 Å². The van der Waals surface area contributed by atoms with Crippen molar-refractivity contribution < 1.29 is 17.9 Å². The molecule has 138 valence electrons. The van der Waals surface area contributed by atoms with Gasteiger partial charge in [-0.2, -0.15) is 0 Å². The van der Waals surface area contributed by atoms with E-state index in [1.165, 1.54) is 6.07 Å². The molecule has 1 amide bonds. The third kappa shape index (κ3) is 5.82. The molecule has 0 saturated heterocycles. The first-order valence-electron chi connectivity index (χ1n) is 8.41. The number of fused-ring (bicyclic) bond motifs is 1. The lowest BCUT2D eigenvalue weighted by Gasteiger charge is -2.07. The highest BCUT2D eigenvalue weighted by molar-refractivity contribution is 7.90. The number of hydrogen-bond acceptors (Lipinski definition) is 5. The number of nitrogens with one attached hydrogen (secondary N) is 2. The fourth-order valence-corrected chi connectivity index (χ4v) is 3.58. The van der Waals surface area contributed by atoms with Crippen LogP contribution >= 0.6 is 0 Å². The van der Waals surface area contributed by atoms with E-state index in [0.29, 0.717) is 30.5 Å². The lowest BCUT2D eigenvalue weighted by atomic mass is 10.2. The van der Waals surface area contributed by atoms with E-state index in [4.69, 9.17) is 4.74 Å². The molecule has 1 aromatic rings. The van der Waals surface area contributed by atoms with Gasteiger partial charge in [0.1, 0.15) is 5.84 Å². The van der Waals surface area contributed by atoms with Crippen molar-refractivity contribution >= 4 is 21.8 Å². The number of benzene rings is 1. The van der Waals surface area contributed by atoms with Crippen molar-refractivity contribution in [3.05, 3.63) is 29.8 Å². The molecule has 0 aromatic heterocycles. The number of amides is 1. The van der Waals surface area contributed by atoms with Crippen LogP contribution in [0.25, 0.3) is 0 Å². The second-order valence-corrected chi connectivity index (χ2v) is 7.91. The van der Waals surface area contributed by atoms with E-state index in [2.05, 4.69) is 28.9 Å². The Hall–Kier alpha value is -1.93. The van der Waals surface area contributed by atoms with Gasteiger partial charge in [-0.1, -0.05) is 26.0 Å². The number of rotatable bonds is 9. The standard InChI is InChI=1S/C17H25N3O4S/c1-13(2)12-24-11-5-9-18-16(21)8-10-19-17-14-6-3-4-7-15(14)25(22,23)20-17/h3-4,6-7,13H,5,8-12H2,1-2H3,(H,18,21)(H,19,20). The molecule has 0 bridgehead atoms. The Labute approximate surface area is 148 Å². The molecular weight excluding hydrogens is 342 g/mol. The average molecular weight is 367 g/mol. The Morgan fingerprint density at radius 2 is 2.08 bits per heavy atom. The summed E-state index contributed by atoms with van der Waals surface area (Å²) in [5.74, 6) is 0.694. The molecule has 0 atom stereocenters. The van der Waals surface area contributed by atoms with Crippen molar-refractivity contribution in [1.82, 2.24) is 10.0 Å². The summed E-state index contributed by atoms with van der Waals surface area (Å²) in [6.45, 7) is 6.31. The maximum absolute atomic E-state index is 11.9. The summed E-state index contributed by atoms with van der Waals surface area (Å²) in [4.78, 5) is 16.2. The van der Waals surface area contributed by atoms with Crippen LogP contribution in [0.2, 0.25) is 0 Å². The summed E-state index contributed by atoms with van der Waals surface area (Å²) in [6.07, 6.45) is 0.973. The average Bonchev–Trinajstić information content (AvgIpc) is 2.82. The minimum Gasteiger partial charge on any atom is -0.381 e. The number of carbonyl (C=O) groups excluding carboxylic acids is 1. The quantitative estimate of drug-likeness (QED) is 0.643.